The van der Waals surface area contributed by atoms with E-state index in [9.17, 15) is 8.78 Å². The summed E-state index contributed by atoms with van der Waals surface area (Å²) in [6.45, 7) is 9.90. The molecule has 5 nitrogen and oxygen atoms in total. The summed E-state index contributed by atoms with van der Waals surface area (Å²) < 4.78 is 26.8. The van der Waals surface area contributed by atoms with Crippen molar-refractivity contribution < 1.29 is 8.78 Å². The Labute approximate surface area is 217 Å². The predicted octanol–water partition coefficient (Wildman–Crippen LogP) is 6.16. The Kier molecular flexibility index (Phi) is 6.11. The molecule has 2 aromatic heterocycles. The first-order valence-corrected chi connectivity index (χ1v) is 13.5. The van der Waals surface area contributed by atoms with Gasteiger partial charge < -0.3 is 4.98 Å². The molecule has 4 heterocycles. The molecule has 0 amide bonds. The smallest absolute Gasteiger partial charge is 0.118 e. The largest absolute Gasteiger partial charge is 0.357 e. The second-order valence-electron chi connectivity index (χ2n) is 12.2. The zero-order chi connectivity index (χ0) is 25.8. The molecule has 0 radical (unpaired) electrons. The molecule has 4 aromatic rings. The minimum atomic E-state index is -1.14. The number of fused-ring (bicyclic) bond motifs is 4. The number of aromatic amines is 2. The van der Waals surface area contributed by atoms with Crippen LogP contribution in [0.1, 0.15) is 50.4 Å². The average Bonchev–Trinajstić information content (AvgIpc) is 3.40. The predicted molar refractivity (Wildman–Crippen MR) is 145 cm³/mol. The first-order valence-electron chi connectivity index (χ1n) is 13.5. The van der Waals surface area contributed by atoms with E-state index in [4.69, 9.17) is 0 Å². The summed E-state index contributed by atoms with van der Waals surface area (Å²) >= 11 is 0. The molecule has 1 spiro atoms. The van der Waals surface area contributed by atoms with Crippen LogP contribution in [0.15, 0.2) is 48.7 Å². The molecule has 2 fully saturated rings. The lowest BCUT2D eigenvalue weighted by Crippen LogP contribution is -2.62. The molecule has 7 heteroatoms. The van der Waals surface area contributed by atoms with Crippen molar-refractivity contribution in [2.75, 3.05) is 19.6 Å². The highest BCUT2D eigenvalue weighted by molar-refractivity contribution is 5.85. The molecule has 2 aromatic carbocycles. The monoisotopic (exact) mass is 505 g/mol. The van der Waals surface area contributed by atoms with Gasteiger partial charge in [-0.05, 0) is 63.3 Å². The Morgan fingerprint density at radius 3 is 2.65 bits per heavy atom. The fourth-order valence-corrected chi connectivity index (χ4v) is 6.60. The number of rotatable bonds is 4. The van der Waals surface area contributed by atoms with E-state index < -0.39 is 11.8 Å². The maximum Gasteiger partial charge on any atom is 0.118 e. The summed E-state index contributed by atoms with van der Waals surface area (Å²) in [6.07, 6.45) is 3.86. The van der Waals surface area contributed by atoms with Crippen molar-refractivity contribution in [1.29, 1.82) is 0 Å². The van der Waals surface area contributed by atoms with Crippen LogP contribution in [0.25, 0.3) is 21.8 Å². The number of halogens is 2. The standard InChI is InChI=1S/C16H21FN2.C14H16FN3/c1-11-8-13-12-6-4-5-7-14(12)18-15(13)9-19(11)10-16(2,3)17;15-12-4-14(5-12)8-18(9-14)7-10-1-2-11-6-16-17-13(11)3-10/h4-7,11,18H,8-10H2,1-3H3;1-3,6,12H,4-5,7-9H2,(H,16,17). The van der Waals surface area contributed by atoms with E-state index in [1.54, 1.807) is 13.8 Å². The second kappa shape index (κ2) is 9.21. The van der Waals surface area contributed by atoms with Gasteiger partial charge in [0.25, 0.3) is 0 Å². The van der Waals surface area contributed by atoms with E-state index >= 15 is 0 Å². The van der Waals surface area contributed by atoms with Crippen LogP contribution in [-0.2, 0) is 19.5 Å². The summed E-state index contributed by atoms with van der Waals surface area (Å²) in [6, 6.07) is 15.2. The molecule has 1 unspecified atom stereocenters. The Bertz CT molecular complexity index is 1390. The van der Waals surface area contributed by atoms with Crippen LogP contribution in [0, 0.1) is 5.41 Å². The van der Waals surface area contributed by atoms with Gasteiger partial charge in [0.1, 0.15) is 11.8 Å². The highest BCUT2D eigenvalue weighted by Gasteiger charge is 2.52. The Balaban J connectivity index is 0.000000136. The van der Waals surface area contributed by atoms with Crippen molar-refractivity contribution in [1.82, 2.24) is 25.0 Å². The minimum Gasteiger partial charge on any atom is -0.357 e. The van der Waals surface area contributed by atoms with Crippen LogP contribution in [0.4, 0.5) is 8.78 Å². The number of alkyl halides is 2. The van der Waals surface area contributed by atoms with E-state index in [0.717, 1.165) is 56.3 Å². The van der Waals surface area contributed by atoms with Gasteiger partial charge in [0.05, 0.1) is 11.7 Å². The molecule has 2 N–H and O–H groups in total. The van der Waals surface area contributed by atoms with Gasteiger partial charge in [0.15, 0.2) is 0 Å². The summed E-state index contributed by atoms with van der Waals surface area (Å²) in [5.74, 6) is 0. The zero-order valence-electron chi connectivity index (χ0n) is 22.0. The molecule has 37 heavy (non-hydrogen) atoms. The highest BCUT2D eigenvalue weighted by atomic mass is 19.1. The maximum absolute atomic E-state index is 13.9. The summed E-state index contributed by atoms with van der Waals surface area (Å²) in [5.41, 5.74) is 5.45. The van der Waals surface area contributed by atoms with Crippen LogP contribution in [0.5, 0.6) is 0 Å². The molecule has 1 saturated carbocycles. The lowest BCUT2D eigenvalue weighted by Gasteiger charge is -2.57. The zero-order valence-corrected chi connectivity index (χ0v) is 22.0. The third kappa shape index (κ3) is 5.04. The topological polar surface area (TPSA) is 51.0 Å². The Hall–Kier alpha value is -2.77. The number of benzene rings is 2. The van der Waals surface area contributed by atoms with Crippen LogP contribution in [-0.4, -0.2) is 62.5 Å². The van der Waals surface area contributed by atoms with E-state index in [1.807, 2.05) is 6.20 Å². The van der Waals surface area contributed by atoms with Gasteiger partial charge in [-0.15, -0.1) is 0 Å². The van der Waals surface area contributed by atoms with Crippen molar-refractivity contribution in [3.63, 3.8) is 0 Å². The molecule has 3 aliphatic rings. The number of nitrogens with zero attached hydrogens (tertiary/aromatic N) is 3. The van der Waals surface area contributed by atoms with Crippen LogP contribution >= 0.6 is 0 Å². The van der Waals surface area contributed by atoms with Crippen molar-refractivity contribution in [3.8, 4) is 0 Å². The van der Waals surface area contributed by atoms with Gasteiger partial charge in [-0.25, -0.2) is 8.78 Å². The third-order valence-corrected chi connectivity index (χ3v) is 8.30. The highest BCUT2D eigenvalue weighted by Crippen LogP contribution is 2.50. The normalized spacial score (nSPS) is 21.9. The van der Waals surface area contributed by atoms with Crippen molar-refractivity contribution >= 4 is 21.8 Å². The van der Waals surface area contributed by atoms with E-state index in [0.29, 0.717) is 18.0 Å². The van der Waals surface area contributed by atoms with Gasteiger partial charge in [-0.3, -0.25) is 14.9 Å². The molecular formula is C30H37F2N5. The number of hydrogen-bond donors (Lipinski definition) is 2. The van der Waals surface area contributed by atoms with E-state index in [1.165, 1.54) is 27.7 Å². The number of hydrogen-bond acceptors (Lipinski definition) is 3. The fourth-order valence-electron chi connectivity index (χ4n) is 6.60. The fraction of sp³-hybridized carbons (Fsp3) is 0.500. The van der Waals surface area contributed by atoms with Gasteiger partial charge in [0, 0.05) is 66.2 Å². The van der Waals surface area contributed by atoms with Crippen molar-refractivity contribution in [2.45, 2.75) is 71.0 Å². The molecular weight excluding hydrogens is 468 g/mol. The Morgan fingerprint density at radius 2 is 1.89 bits per heavy atom. The Morgan fingerprint density at radius 1 is 1.11 bits per heavy atom. The van der Waals surface area contributed by atoms with Gasteiger partial charge in [0.2, 0.25) is 0 Å². The SMILES string of the molecule is CC1Cc2c([nH]c3ccccc23)CN1CC(C)(C)F.FC1CC2(C1)CN(Cc1ccc3cn[nH]c3c1)C2. The maximum atomic E-state index is 13.9. The molecule has 1 aliphatic carbocycles. The van der Waals surface area contributed by atoms with Crippen LogP contribution in [0.2, 0.25) is 0 Å². The first-order chi connectivity index (χ1) is 17.7. The average molecular weight is 506 g/mol. The number of para-hydroxylation sites is 1. The first kappa shape index (κ1) is 24.6. The molecule has 7 rings (SSSR count). The molecule has 196 valence electrons. The quantitative estimate of drug-likeness (QED) is 0.349. The minimum absolute atomic E-state index is 0.331. The number of likely N-dealkylation sites (tertiary alicyclic amines) is 1. The molecule has 2 aliphatic heterocycles. The van der Waals surface area contributed by atoms with Crippen LogP contribution in [0.3, 0.4) is 0 Å². The number of nitrogens with one attached hydrogen (secondary N) is 2. The van der Waals surface area contributed by atoms with E-state index in [-0.39, 0.29) is 0 Å². The van der Waals surface area contributed by atoms with Gasteiger partial charge in [-0.1, -0.05) is 30.3 Å². The summed E-state index contributed by atoms with van der Waals surface area (Å²) in [4.78, 5) is 8.13. The molecule has 1 atom stereocenters. The van der Waals surface area contributed by atoms with Crippen molar-refractivity contribution in [3.05, 3.63) is 65.5 Å². The second-order valence-corrected chi connectivity index (χ2v) is 12.2. The van der Waals surface area contributed by atoms with Gasteiger partial charge in [-0.2, -0.15) is 5.10 Å². The van der Waals surface area contributed by atoms with Gasteiger partial charge >= 0.3 is 0 Å². The number of H-pyrrole nitrogens is 2. The molecule has 0 bridgehead atoms. The molecule has 1 saturated heterocycles. The van der Waals surface area contributed by atoms with Crippen LogP contribution < -0.4 is 0 Å². The van der Waals surface area contributed by atoms with Crippen molar-refractivity contribution in [2.24, 2.45) is 5.41 Å². The summed E-state index contributed by atoms with van der Waals surface area (Å²) in [5, 5.41) is 9.50. The number of aromatic nitrogens is 3. The lowest BCUT2D eigenvalue weighted by molar-refractivity contribution is -0.105. The van der Waals surface area contributed by atoms with E-state index in [2.05, 4.69) is 74.4 Å². The third-order valence-electron chi connectivity index (χ3n) is 8.30. The summed E-state index contributed by atoms with van der Waals surface area (Å²) in [7, 11) is 0. The lowest BCUT2D eigenvalue weighted by atomic mass is 9.62.